The van der Waals surface area contributed by atoms with Crippen molar-refractivity contribution in [1.29, 1.82) is 5.26 Å². The fourth-order valence-electron chi connectivity index (χ4n) is 2.71. The lowest BCUT2D eigenvalue weighted by Gasteiger charge is -2.29. The van der Waals surface area contributed by atoms with Crippen LogP contribution in [0.25, 0.3) is 0 Å². The molecular weight excluding hydrogens is 268 g/mol. The van der Waals surface area contributed by atoms with Gasteiger partial charge in [0.15, 0.2) is 5.82 Å². The van der Waals surface area contributed by atoms with Crippen LogP contribution in [-0.2, 0) is 16.1 Å². The fourth-order valence-corrected chi connectivity index (χ4v) is 2.71. The highest BCUT2D eigenvalue weighted by Gasteiger charge is 2.31. The number of carbonyl (C=O) groups excluding carboxylic acids is 1. The van der Waals surface area contributed by atoms with E-state index in [1.54, 1.807) is 4.68 Å². The standard InChI is InChI=1S/C15H22N4O2/c1-3-13-12(6-4-9-21-13)15(20)17-14-10-11(2)19(18-14)8-5-7-16/h10,12-13H,3-6,8-9H2,1-2H3,(H,17,18,20)/t12-,13+/m0/s1. The van der Waals surface area contributed by atoms with Gasteiger partial charge in [0, 0.05) is 18.4 Å². The van der Waals surface area contributed by atoms with Gasteiger partial charge in [0.1, 0.15) is 0 Å². The molecule has 0 bridgehead atoms. The van der Waals surface area contributed by atoms with Gasteiger partial charge in [0.05, 0.1) is 31.1 Å². The lowest BCUT2D eigenvalue weighted by atomic mass is 9.92. The number of carbonyl (C=O) groups is 1. The van der Waals surface area contributed by atoms with Crippen LogP contribution in [0.15, 0.2) is 6.07 Å². The number of aromatic nitrogens is 2. The van der Waals surface area contributed by atoms with Crippen LogP contribution in [0.2, 0.25) is 0 Å². The van der Waals surface area contributed by atoms with E-state index >= 15 is 0 Å². The normalized spacial score (nSPS) is 21.8. The van der Waals surface area contributed by atoms with Crippen molar-refractivity contribution in [2.24, 2.45) is 5.92 Å². The number of nitrogens with zero attached hydrogens (tertiary/aromatic N) is 3. The fraction of sp³-hybridized carbons (Fsp3) is 0.667. The molecule has 0 aliphatic carbocycles. The lowest BCUT2D eigenvalue weighted by Crippen LogP contribution is -2.37. The third kappa shape index (κ3) is 3.82. The number of nitrogens with one attached hydrogen (secondary N) is 1. The minimum atomic E-state index is -0.103. The molecule has 114 valence electrons. The van der Waals surface area contributed by atoms with E-state index < -0.39 is 0 Å². The molecule has 1 aromatic heterocycles. The number of aryl methyl sites for hydroxylation is 2. The molecule has 2 heterocycles. The first-order valence-corrected chi connectivity index (χ1v) is 7.49. The van der Waals surface area contributed by atoms with Crippen molar-refractivity contribution in [1.82, 2.24) is 9.78 Å². The summed E-state index contributed by atoms with van der Waals surface area (Å²) >= 11 is 0. The van der Waals surface area contributed by atoms with Gasteiger partial charge in [-0.25, -0.2) is 0 Å². The van der Waals surface area contributed by atoms with Crippen LogP contribution in [0.5, 0.6) is 0 Å². The van der Waals surface area contributed by atoms with Gasteiger partial charge in [-0.2, -0.15) is 10.4 Å². The van der Waals surface area contributed by atoms with Gasteiger partial charge < -0.3 is 10.1 Å². The Bertz CT molecular complexity index is 532. The molecule has 1 fully saturated rings. The van der Waals surface area contributed by atoms with E-state index in [9.17, 15) is 4.79 Å². The molecule has 0 aromatic carbocycles. The van der Waals surface area contributed by atoms with Crippen LogP contribution in [0, 0.1) is 24.2 Å². The summed E-state index contributed by atoms with van der Waals surface area (Å²) in [5, 5.41) is 15.8. The van der Waals surface area contributed by atoms with Crippen molar-refractivity contribution in [2.45, 2.75) is 52.2 Å². The van der Waals surface area contributed by atoms with E-state index in [-0.39, 0.29) is 17.9 Å². The summed E-state index contributed by atoms with van der Waals surface area (Å²) < 4.78 is 7.40. The van der Waals surface area contributed by atoms with Gasteiger partial charge in [-0.1, -0.05) is 6.92 Å². The number of amides is 1. The van der Waals surface area contributed by atoms with Crippen molar-refractivity contribution >= 4 is 11.7 Å². The molecule has 2 atom stereocenters. The SMILES string of the molecule is CC[C@H]1OCCC[C@@H]1C(=O)Nc1cc(C)n(CCC#N)n1. The van der Waals surface area contributed by atoms with Crippen molar-refractivity contribution in [3.63, 3.8) is 0 Å². The molecule has 2 rings (SSSR count). The maximum absolute atomic E-state index is 12.4. The van der Waals surface area contributed by atoms with Crippen LogP contribution < -0.4 is 5.32 Å². The van der Waals surface area contributed by atoms with Crippen LogP contribution in [0.3, 0.4) is 0 Å². The predicted molar refractivity (Wildman–Crippen MR) is 78.6 cm³/mol. The van der Waals surface area contributed by atoms with Crippen LogP contribution in [0.4, 0.5) is 5.82 Å². The molecule has 1 aliphatic rings. The summed E-state index contributed by atoms with van der Waals surface area (Å²) in [6.45, 7) is 5.24. The van der Waals surface area contributed by atoms with E-state index in [4.69, 9.17) is 10.00 Å². The third-order valence-corrected chi connectivity index (χ3v) is 3.85. The van der Waals surface area contributed by atoms with Crippen molar-refractivity contribution in [3.8, 4) is 6.07 Å². The highest BCUT2D eigenvalue weighted by atomic mass is 16.5. The molecule has 1 saturated heterocycles. The van der Waals surface area contributed by atoms with E-state index in [2.05, 4.69) is 16.5 Å². The second kappa shape index (κ2) is 7.23. The first kappa shape index (κ1) is 15.5. The Morgan fingerprint density at radius 3 is 3.19 bits per heavy atom. The number of rotatable bonds is 5. The number of hydrogen-bond donors (Lipinski definition) is 1. The first-order chi connectivity index (χ1) is 10.2. The Morgan fingerprint density at radius 2 is 2.48 bits per heavy atom. The molecule has 1 amide bonds. The molecule has 1 aliphatic heterocycles. The zero-order valence-corrected chi connectivity index (χ0v) is 12.6. The van der Waals surface area contributed by atoms with Crippen LogP contribution >= 0.6 is 0 Å². The zero-order valence-electron chi connectivity index (χ0n) is 12.6. The molecule has 6 nitrogen and oxygen atoms in total. The van der Waals surface area contributed by atoms with Gasteiger partial charge >= 0.3 is 0 Å². The molecule has 1 aromatic rings. The minimum Gasteiger partial charge on any atom is -0.377 e. The molecule has 0 spiro atoms. The molecule has 0 saturated carbocycles. The van der Waals surface area contributed by atoms with Gasteiger partial charge in [-0.15, -0.1) is 0 Å². The van der Waals surface area contributed by atoms with Crippen molar-refractivity contribution in [2.75, 3.05) is 11.9 Å². The second-order valence-corrected chi connectivity index (χ2v) is 5.36. The molecule has 6 heteroatoms. The molecular formula is C15H22N4O2. The smallest absolute Gasteiger partial charge is 0.231 e. The lowest BCUT2D eigenvalue weighted by molar-refractivity contribution is -0.129. The van der Waals surface area contributed by atoms with E-state index in [0.717, 1.165) is 31.6 Å². The Labute approximate surface area is 125 Å². The minimum absolute atomic E-state index is 0.000483. The average Bonchev–Trinajstić information content (AvgIpc) is 2.84. The monoisotopic (exact) mass is 290 g/mol. The number of anilines is 1. The topological polar surface area (TPSA) is 79.9 Å². The predicted octanol–water partition coefficient (Wildman–Crippen LogP) is 2.25. The van der Waals surface area contributed by atoms with Gasteiger partial charge in [0.2, 0.25) is 5.91 Å². The number of nitriles is 1. The highest BCUT2D eigenvalue weighted by Crippen LogP contribution is 2.24. The Kier molecular flexibility index (Phi) is 5.34. The molecule has 0 radical (unpaired) electrons. The number of hydrogen-bond acceptors (Lipinski definition) is 4. The first-order valence-electron chi connectivity index (χ1n) is 7.49. The summed E-state index contributed by atoms with van der Waals surface area (Å²) in [5.41, 5.74) is 0.937. The van der Waals surface area contributed by atoms with Crippen molar-refractivity contribution in [3.05, 3.63) is 11.8 Å². The van der Waals surface area contributed by atoms with Crippen molar-refractivity contribution < 1.29 is 9.53 Å². The molecule has 21 heavy (non-hydrogen) atoms. The zero-order chi connectivity index (χ0) is 15.2. The van der Waals surface area contributed by atoms with Crippen LogP contribution in [0.1, 0.15) is 38.3 Å². The van der Waals surface area contributed by atoms with Gasteiger partial charge in [-0.05, 0) is 26.2 Å². The Hall–Kier alpha value is -1.87. The average molecular weight is 290 g/mol. The van der Waals surface area contributed by atoms with Gasteiger partial charge in [-0.3, -0.25) is 9.48 Å². The molecule has 1 N–H and O–H groups in total. The Balaban J connectivity index is 2.00. The summed E-state index contributed by atoms with van der Waals surface area (Å²) in [6, 6.07) is 3.93. The second-order valence-electron chi connectivity index (χ2n) is 5.36. The third-order valence-electron chi connectivity index (χ3n) is 3.85. The summed E-state index contributed by atoms with van der Waals surface area (Å²) in [6.07, 6.45) is 3.03. The summed E-state index contributed by atoms with van der Waals surface area (Å²) in [5.74, 6) is 0.427. The summed E-state index contributed by atoms with van der Waals surface area (Å²) in [4.78, 5) is 12.4. The molecule has 0 unspecified atom stereocenters. The van der Waals surface area contributed by atoms with E-state index in [0.29, 0.717) is 18.8 Å². The van der Waals surface area contributed by atoms with E-state index in [1.165, 1.54) is 0 Å². The quantitative estimate of drug-likeness (QED) is 0.902. The Morgan fingerprint density at radius 1 is 1.67 bits per heavy atom. The maximum atomic E-state index is 12.4. The maximum Gasteiger partial charge on any atom is 0.231 e. The largest absolute Gasteiger partial charge is 0.377 e. The van der Waals surface area contributed by atoms with Gasteiger partial charge in [0.25, 0.3) is 0 Å². The number of ether oxygens (including phenoxy) is 1. The van der Waals surface area contributed by atoms with E-state index in [1.807, 2.05) is 19.9 Å². The summed E-state index contributed by atoms with van der Waals surface area (Å²) in [7, 11) is 0. The van der Waals surface area contributed by atoms with Crippen LogP contribution in [-0.4, -0.2) is 28.4 Å². The highest BCUT2D eigenvalue weighted by molar-refractivity contribution is 5.92.